The monoisotopic (exact) mass is 307 g/mol. The van der Waals surface area contributed by atoms with Gasteiger partial charge in [0.1, 0.15) is 0 Å². The van der Waals surface area contributed by atoms with Crippen LogP contribution >= 0.6 is 0 Å². The highest BCUT2D eigenvalue weighted by molar-refractivity contribution is 4.49. The predicted octanol–water partition coefficient (Wildman–Crippen LogP) is 3.14. The Balaban J connectivity index is -0.000000111. The standard InChI is InChI=1S/C7H18N2.C6H15NO.2C2H6/c1-5-9(4)7-6-8(2)3;1-4-7(2)5-6-8-3;2*1-2/h5-7H2,1-4H3;4-6H2,1-3H3;2*1-2H3. The lowest BCUT2D eigenvalue weighted by Gasteiger charge is -2.16. The fourth-order valence-electron chi connectivity index (χ4n) is 0.934. The van der Waals surface area contributed by atoms with Crippen LogP contribution in [0.15, 0.2) is 0 Å². The van der Waals surface area contributed by atoms with Crippen molar-refractivity contribution < 1.29 is 4.74 Å². The molecule has 0 rings (SSSR count). The van der Waals surface area contributed by atoms with Crippen molar-refractivity contribution in [3.63, 3.8) is 0 Å². The van der Waals surface area contributed by atoms with Crippen LogP contribution in [0.25, 0.3) is 0 Å². The third kappa shape index (κ3) is 38.3. The van der Waals surface area contributed by atoms with E-state index in [1.54, 1.807) is 7.11 Å². The van der Waals surface area contributed by atoms with E-state index in [1.807, 2.05) is 27.7 Å². The lowest BCUT2D eigenvalue weighted by molar-refractivity contribution is 0.164. The van der Waals surface area contributed by atoms with E-state index < -0.39 is 0 Å². The average molecular weight is 308 g/mol. The maximum absolute atomic E-state index is 4.87. The van der Waals surface area contributed by atoms with Gasteiger partial charge in [-0.25, -0.2) is 0 Å². The lowest BCUT2D eigenvalue weighted by atomic mass is 10.5. The van der Waals surface area contributed by atoms with Gasteiger partial charge in [0.05, 0.1) is 6.61 Å². The number of nitrogens with zero attached hydrogens (tertiary/aromatic N) is 3. The van der Waals surface area contributed by atoms with Crippen LogP contribution in [0.2, 0.25) is 0 Å². The molecule has 0 heterocycles. The first kappa shape index (κ1) is 28.9. The summed E-state index contributed by atoms with van der Waals surface area (Å²) >= 11 is 0. The van der Waals surface area contributed by atoms with Gasteiger partial charge in [-0.05, 0) is 41.3 Å². The zero-order chi connectivity index (χ0) is 17.7. The molecule has 0 bridgehead atoms. The molecule has 0 saturated heterocycles. The first-order valence-corrected chi connectivity index (χ1v) is 8.48. The summed E-state index contributed by atoms with van der Waals surface area (Å²) in [5.74, 6) is 0. The summed E-state index contributed by atoms with van der Waals surface area (Å²) in [7, 11) is 10.2. The van der Waals surface area contributed by atoms with Gasteiger partial charge in [-0.3, -0.25) is 0 Å². The Morgan fingerprint density at radius 1 is 0.667 bits per heavy atom. The van der Waals surface area contributed by atoms with Crippen molar-refractivity contribution in [2.45, 2.75) is 41.5 Å². The van der Waals surface area contributed by atoms with Gasteiger partial charge in [0, 0.05) is 26.7 Å². The van der Waals surface area contributed by atoms with Gasteiger partial charge in [-0.2, -0.15) is 0 Å². The van der Waals surface area contributed by atoms with Crippen molar-refractivity contribution in [1.82, 2.24) is 14.7 Å². The van der Waals surface area contributed by atoms with Crippen LogP contribution in [0.5, 0.6) is 0 Å². The van der Waals surface area contributed by atoms with Crippen LogP contribution in [-0.4, -0.2) is 89.3 Å². The highest BCUT2D eigenvalue weighted by Gasteiger charge is 1.93. The maximum Gasteiger partial charge on any atom is 0.0589 e. The van der Waals surface area contributed by atoms with Crippen molar-refractivity contribution in [2.24, 2.45) is 0 Å². The number of hydrogen-bond donors (Lipinski definition) is 0. The quantitative estimate of drug-likeness (QED) is 0.686. The molecular formula is C17H45N3O. The number of rotatable bonds is 8. The molecule has 0 spiro atoms. The number of ether oxygens (including phenoxy) is 1. The molecule has 0 fully saturated rings. The fourth-order valence-corrected chi connectivity index (χ4v) is 0.934. The van der Waals surface area contributed by atoms with E-state index >= 15 is 0 Å². The van der Waals surface area contributed by atoms with Crippen LogP contribution in [0.3, 0.4) is 0 Å². The van der Waals surface area contributed by atoms with E-state index in [4.69, 9.17) is 4.74 Å². The summed E-state index contributed by atoms with van der Waals surface area (Å²) in [6, 6.07) is 0. The predicted molar refractivity (Wildman–Crippen MR) is 99.5 cm³/mol. The van der Waals surface area contributed by atoms with Gasteiger partial charge in [-0.15, -0.1) is 0 Å². The van der Waals surface area contributed by atoms with Crippen molar-refractivity contribution in [2.75, 3.05) is 74.6 Å². The minimum Gasteiger partial charge on any atom is -0.383 e. The maximum atomic E-state index is 4.87. The second-order valence-corrected chi connectivity index (χ2v) is 4.59. The summed E-state index contributed by atoms with van der Waals surface area (Å²) in [5, 5.41) is 0. The van der Waals surface area contributed by atoms with Crippen molar-refractivity contribution in [1.29, 1.82) is 0 Å². The molecule has 0 aliphatic carbocycles. The zero-order valence-electron chi connectivity index (χ0n) is 17.0. The molecule has 0 amide bonds. The molecule has 21 heavy (non-hydrogen) atoms. The molecule has 0 aromatic heterocycles. The molecule has 0 saturated carbocycles. The van der Waals surface area contributed by atoms with Gasteiger partial charge in [0.25, 0.3) is 0 Å². The Bertz CT molecular complexity index is 144. The summed E-state index contributed by atoms with van der Waals surface area (Å²) in [5.41, 5.74) is 0. The highest BCUT2D eigenvalue weighted by atomic mass is 16.5. The second-order valence-electron chi connectivity index (χ2n) is 4.59. The SMILES string of the molecule is CC.CC.CCN(C)CCN(C)C.CCN(C)CCOC. The molecule has 0 N–H and O–H groups in total. The minimum atomic E-state index is 0.838. The van der Waals surface area contributed by atoms with E-state index in [1.165, 1.54) is 6.54 Å². The van der Waals surface area contributed by atoms with E-state index in [9.17, 15) is 0 Å². The van der Waals surface area contributed by atoms with Gasteiger partial charge in [0.2, 0.25) is 0 Å². The van der Waals surface area contributed by atoms with Gasteiger partial charge in [0.15, 0.2) is 0 Å². The van der Waals surface area contributed by atoms with Gasteiger partial charge >= 0.3 is 0 Å². The Morgan fingerprint density at radius 3 is 1.33 bits per heavy atom. The molecule has 0 aromatic rings. The molecule has 134 valence electrons. The molecule has 0 atom stereocenters. The summed E-state index contributed by atoms with van der Waals surface area (Å²) < 4.78 is 4.87. The Hall–Kier alpha value is -0.160. The Morgan fingerprint density at radius 2 is 1.05 bits per heavy atom. The van der Waals surface area contributed by atoms with Crippen LogP contribution < -0.4 is 0 Å². The third-order valence-corrected chi connectivity index (χ3v) is 2.69. The molecule has 0 radical (unpaired) electrons. The van der Waals surface area contributed by atoms with Crippen LogP contribution in [0.1, 0.15) is 41.5 Å². The van der Waals surface area contributed by atoms with Crippen molar-refractivity contribution in [3.05, 3.63) is 0 Å². The summed E-state index contributed by atoms with van der Waals surface area (Å²) in [6.45, 7) is 18.8. The summed E-state index contributed by atoms with van der Waals surface area (Å²) in [6.07, 6.45) is 0. The largest absolute Gasteiger partial charge is 0.383 e. The third-order valence-electron chi connectivity index (χ3n) is 2.69. The Labute approximate surface area is 136 Å². The molecule has 0 aliphatic rings. The van der Waals surface area contributed by atoms with Crippen molar-refractivity contribution >= 4 is 0 Å². The average Bonchev–Trinajstić information content (AvgIpc) is 2.54. The van der Waals surface area contributed by atoms with Gasteiger partial charge < -0.3 is 19.4 Å². The van der Waals surface area contributed by atoms with Crippen LogP contribution in [-0.2, 0) is 4.74 Å². The van der Waals surface area contributed by atoms with E-state index in [2.05, 4.69) is 56.7 Å². The first-order chi connectivity index (χ1) is 9.97. The normalized spacial score (nSPS) is 9.43. The topological polar surface area (TPSA) is 19.0 Å². The molecule has 0 unspecified atom stereocenters. The first-order valence-electron chi connectivity index (χ1n) is 8.48. The summed E-state index contributed by atoms with van der Waals surface area (Å²) in [4.78, 5) is 6.72. The Kier molecular flexibility index (Phi) is 38.7. The van der Waals surface area contributed by atoms with E-state index in [0.717, 1.165) is 32.8 Å². The number of methoxy groups -OCH3 is 1. The minimum absolute atomic E-state index is 0.838. The van der Waals surface area contributed by atoms with Gasteiger partial charge in [-0.1, -0.05) is 41.5 Å². The van der Waals surface area contributed by atoms with Crippen molar-refractivity contribution in [3.8, 4) is 0 Å². The number of hydrogen-bond acceptors (Lipinski definition) is 4. The lowest BCUT2D eigenvalue weighted by Crippen LogP contribution is -2.28. The smallest absolute Gasteiger partial charge is 0.0589 e. The molecule has 0 aliphatic heterocycles. The second kappa shape index (κ2) is 28.1. The molecule has 4 heteroatoms. The fraction of sp³-hybridized carbons (Fsp3) is 1.00. The zero-order valence-corrected chi connectivity index (χ0v) is 17.0. The molecular weight excluding hydrogens is 262 g/mol. The van der Waals surface area contributed by atoms with Crippen LogP contribution in [0, 0.1) is 0 Å². The van der Waals surface area contributed by atoms with Crippen LogP contribution in [0.4, 0.5) is 0 Å². The van der Waals surface area contributed by atoms with E-state index in [0.29, 0.717) is 0 Å². The molecule has 4 nitrogen and oxygen atoms in total. The number of likely N-dealkylation sites (N-methyl/N-ethyl adjacent to an activating group) is 3. The highest BCUT2D eigenvalue weighted by Crippen LogP contribution is 1.81. The van der Waals surface area contributed by atoms with E-state index in [-0.39, 0.29) is 0 Å². The molecule has 0 aromatic carbocycles.